The molecule has 1 unspecified atom stereocenters. The van der Waals surface area contributed by atoms with E-state index in [2.05, 4.69) is 4.99 Å². The zero-order valence-electron chi connectivity index (χ0n) is 13.5. The Morgan fingerprint density at radius 2 is 1.73 bits per heavy atom. The van der Waals surface area contributed by atoms with E-state index in [-0.39, 0.29) is 11.5 Å². The molecule has 0 aliphatic carbocycles. The minimum atomic E-state index is -3.96. The van der Waals surface area contributed by atoms with Crippen LogP contribution in [0.1, 0.15) is 56.2 Å². The second-order valence-corrected chi connectivity index (χ2v) is 4.97. The van der Waals surface area contributed by atoms with E-state index in [4.69, 9.17) is 0 Å². The molecule has 0 radical (unpaired) electrons. The van der Waals surface area contributed by atoms with E-state index >= 15 is 0 Å². The lowest BCUT2D eigenvalue weighted by atomic mass is 9.93. The van der Waals surface area contributed by atoms with Crippen molar-refractivity contribution in [1.29, 1.82) is 0 Å². The first kappa shape index (κ1) is 20.5. The van der Waals surface area contributed by atoms with Gasteiger partial charge in [0.15, 0.2) is 0 Å². The molecule has 1 aromatic rings. The van der Waals surface area contributed by atoms with Crippen LogP contribution < -0.4 is 0 Å². The van der Waals surface area contributed by atoms with Crippen molar-refractivity contribution in [2.75, 3.05) is 7.05 Å². The highest BCUT2D eigenvalue weighted by atomic mass is 19.4. The SMILES string of the molecule is CCC(C)c1c(F)cc(C=NC)c(C)c1F.CCC(F)(F)F. The largest absolute Gasteiger partial charge is 0.388 e. The van der Waals surface area contributed by atoms with Gasteiger partial charge in [0, 0.05) is 30.8 Å². The standard InChI is InChI=1S/C13H17F2N.C3H5F3/c1-5-8(2)12-11(14)6-10(7-16-4)9(3)13(12)15;1-2-3(4,5)6/h6-8H,5H2,1-4H3;2H2,1H3. The number of nitrogens with zero attached hydrogens (tertiary/aromatic N) is 1. The van der Waals surface area contributed by atoms with E-state index in [1.807, 2.05) is 13.8 Å². The lowest BCUT2D eigenvalue weighted by molar-refractivity contribution is -0.130. The monoisotopic (exact) mass is 323 g/mol. The Kier molecular flexibility index (Phi) is 8.27. The minimum Gasteiger partial charge on any atom is -0.296 e. The van der Waals surface area contributed by atoms with E-state index in [0.29, 0.717) is 17.5 Å². The van der Waals surface area contributed by atoms with E-state index < -0.39 is 24.2 Å². The van der Waals surface area contributed by atoms with Gasteiger partial charge in [-0.3, -0.25) is 4.99 Å². The molecule has 1 aromatic carbocycles. The molecule has 22 heavy (non-hydrogen) atoms. The summed E-state index contributed by atoms with van der Waals surface area (Å²) in [5, 5.41) is 0. The van der Waals surface area contributed by atoms with Gasteiger partial charge >= 0.3 is 6.18 Å². The number of benzene rings is 1. The van der Waals surface area contributed by atoms with Crippen LogP contribution in [0.3, 0.4) is 0 Å². The zero-order chi connectivity index (χ0) is 17.5. The molecule has 0 saturated carbocycles. The highest BCUT2D eigenvalue weighted by molar-refractivity contribution is 5.81. The highest BCUT2D eigenvalue weighted by Gasteiger charge is 2.22. The molecule has 0 spiro atoms. The fourth-order valence-electron chi connectivity index (χ4n) is 1.69. The molecule has 0 amide bonds. The molecular weight excluding hydrogens is 301 g/mol. The Labute approximate surface area is 128 Å². The predicted molar refractivity (Wildman–Crippen MR) is 79.7 cm³/mol. The fourth-order valence-corrected chi connectivity index (χ4v) is 1.69. The maximum absolute atomic E-state index is 14.0. The lowest BCUT2D eigenvalue weighted by Crippen LogP contribution is -2.05. The van der Waals surface area contributed by atoms with E-state index in [1.165, 1.54) is 12.3 Å². The average Bonchev–Trinajstić information content (AvgIpc) is 2.44. The molecular formula is C16H22F5N. The van der Waals surface area contributed by atoms with Crippen LogP contribution >= 0.6 is 0 Å². The summed E-state index contributed by atoms with van der Waals surface area (Å²) in [6.45, 7) is 6.48. The third-order valence-corrected chi connectivity index (χ3v) is 3.31. The van der Waals surface area contributed by atoms with Gasteiger partial charge in [-0.1, -0.05) is 20.8 Å². The summed E-state index contributed by atoms with van der Waals surface area (Å²) in [6, 6.07) is 1.35. The summed E-state index contributed by atoms with van der Waals surface area (Å²) in [4.78, 5) is 3.79. The molecule has 1 rings (SSSR count). The van der Waals surface area contributed by atoms with Gasteiger partial charge in [-0.05, 0) is 30.9 Å². The van der Waals surface area contributed by atoms with Gasteiger partial charge in [0.25, 0.3) is 0 Å². The molecule has 0 N–H and O–H groups in total. The molecule has 0 fully saturated rings. The van der Waals surface area contributed by atoms with Gasteiger partial charge in [-0.15, -0.1) is 0 Å². The number of aliphatic imine (C=N–C) groups is 1. The van der Waals surface area contributed by atoms with Crippen molar-refractivity contribution in [2.24, 2.45) is 4.99 Å². The first-order valence-electron chi connectivity index (χ1n) is 7.06. The number of halogens is 5. The maximum atomic E-state index is 14.0. The van der Waals surface area contributed by atoms with Crippen LogP contribution in [-0.2, 0) is 0 Å². The van der Waals surface area contributed by atoms with Crippen molar-refractivity contribution in [1.82, 2.24) is 0 Å². The topological polar surface area (TPSA) is 12.4 Å². The van der Waals surface area contributed by atoms with Crippen molar-refractivity contribution in [2.45, 2.75) is 52.6 Å². The maximum Gasteiger partial charge on any atom is 0.388 e. The van der Waals surface area contributed by atoms with Crippen molar-refractivity contribution in [3.05, 3.63) is 34.4 Å². The van der Waals surface area contributed by atoms with E-state index in [1.54, 1.807) is 14.0 Å². The normalized spacial score (nSPS) is 13.0. The van der Waals surface area contributed by atoms with Crippen molar-refractivity contribution < 1.29 is 22.0 Å². The lowest BCUT2D eigenvalue weighted by Gasteiger charge is -2.14. The summed E-state index contributed by atoms with van der Waals surface area (Å²) >= 11 is 0. The van der Waals surface area contributed by atoms with Crippen LogP contribution in [0.25, 0.3) is 0 Å². The van der Waals surface area contributed by atoms with E-state index in [0.717, 1.165) is 6.92 Å². The number of hydrogen-bond donors (Lipinski definition) is 0. The van der Waals surface area contributed by atoms with Crippen molar-refractivity contribution in [3.63, 3.8) is 0 Å². The Morgan fingerprint density at radius 3 is 2.09 bits per heavy atom. The summed E-state index contributed by atoms with van der Waals surface area (Å²) in [7, 11) is 1.58. The van der Waals surface area contributed by atoms with Gasteiger partial charge in [-0.2, -0.15) is 13.2 Å². The van der Waals surface area contributed by atoms with Crippen LogP contribution in [-0.4, -0.2) is 19.4 Å². The van der Waals surface area contributed by atoms with Crippen LogP contribution in [0.4, 0.5) is 22.0 Å². The third-order valence-electron chi connectivity index (χ3n) is 3.31. The second kappa shape index (κ2) is 8.86. The van der Waals surface area contributed by atoms with Gasteiger partial charge in [-0.25, -0.2) is 8.78 Å². The van der Waals surface area contributed by atoms with Crippen molar-refractivity contribution >= 4 is 6.21 Å². The Morgan fingerprint density at radius 1 is 1.23 bits per heavy atom. The highest BCUT2D eigenvalue weighted by Crippen LogP contribution is 2.28. The van der Waals surface area contributed by atoms with Gasteiger partial charge in [0.05, 0.1) is 0 Å². The smallest absolute Gasteiger partial charge is 0.296 e. The Balaban J connectivity index is 0.000000626. The van der Waals surface area contributed by atoms with Crippen LogP contribution in [0.5, 0.6) is 0 Å². The molecule has 0 bridgehead atoms. The van der Waals surface area contributed by atoms with Crippen LogP contribution in [0.15, 0.2) is 11.1 Å². The second-order valence-electron chi connectivity index (χ2n) is 4.97. The Hall–Kier alpha value is -1.46. The molecule has 126 valence electrons. The summed E-state index contributed by atoms with van der Waals surface area (Å²) in [5.41, 5.74) is 1.15. The summed E-state index contributed by atoms with van der Waals surface area (Å²) in [6.07, 6.45) is -2.50. The quantitative estimate of drug-likeness (QED) is 0.493. The van der Waals surface area contributed by atoms with Crippen LogP contribution in [0, 0.1) is 18.6 Å². The molecule has 1 atom stereocenters. The van der Waals surface area contributed by atoms with Gasteiger partial charge < -0.3 is 0 Å². The van der Waals surface area contributed by atoms with E-state index in [9.17, 15) is 22.0 Å². The molecule has 1 nitrogen and oxygen atoms in total. The zero-order valence-corrected chi connectivity index (χ0v) is 13.5. The van der Waals surface area contributed by atoms with Crippen LogP contribution in [0.2, 0.25) is 0 Å². The van der Waals surface area contributed by atoms with Crippen molar-refractivity contribution in [3.8, 4) is 0 Å². The molecule has 6 heteroatoms. The molecule has 0 aromatic heterocycles. The average molecular weight is 323 g/mol. The first-order chi connectivity index (χ1) is 10.1. The number of rotatable bonds is 3. The number of hydrogen-bond acceptors (Lipinski definition) is 1. The predicted octanol–water partition coefficient (Wildman–Crippen LogP) is 5.79. The first-order valence-corrected chi connectivity index (χ1v) is 7.06. The minimum absolute atomic E-state index is 0.105. The molecule has 0 aliphatic heterocycles. The molecule has 0 saturated heterocycles. The summed E-state index contributed by atoms with van der Waals surface area (Å²) < 4.78 is 60.1. The third kappa shape index (κ3) is 6.12. The molecule has 0 heterocycles. The summed E-state index contributed by atoms with van der Waals surface area (Å²) in [5.74, 6) is -1.03. The fraction of sp³-hybridized carbons (Fsp3) is 0.562. The van der Waals surface area contributed by atoms with Gasteiger partial charge in [0.2, 0.25) is 0 Å². The van der Waals surface area contributed by atoms with Gasteiger partial charge in [0.1, 0.15) is 11.6 Å². The Bertz CT molecular complexity index is 506. The number of alkyl halides is 3. The molecule has 0 aliphatic rings.